The zero-order valence-corrected chi connectivity index (χ0v) is 24.9. The van der Waals surface area contributed by atoms with Gasteiger partial charge in [-0.25, -0.2) is 24.0 Å². The molecule has 1 heterocycles. The molecular formula is C30H34ClFN6O5. The molecule has 0 spiro atoms. The molecule has 1 aliphatic rings. The minimum absolute atomic E-state index is 0.00111. The van der Waals surface area contributed by atoms with Gasteiger partial charge in [0.1, 0.15) is 23.6 Å². The Hall–Kier alpha value is -4.45. The average Bonchev–Trinajstić information content (AvgIpc) is 2.96. The van der Waals surface area contributed by atoms with Gasteiger partial charge in [0, 0.05) is 17.9 Å². The molecule has 1 aliphatic carbocycles. The summed E-state index contributed by atoms with van der Waals surface area (Å²) in [5.41, 5.74) is 3.37. The molecular weight excluding hydrogens is 579 g/mol. The molecule has 0 unspecified atom stereocenters. The molecule has 1 saturated carbocycles. The molecule has 228 valence electrons. The van der Waals surface area contributed by atoms with Gasteiger partial charge in [0.25, 0.3) is 5.91 Å². The number of amides is 3. The number of alkyl carbamates (subject to hydrolysis) is 1. The van der Waals surface area contributed by atoms with Gasteiger partial charge in [-0.3, -0.25) is 10.2 Å². The Labute approximate surface area is 254 Å². The van der Waals surface area contributed by atoms with Crippen molar-refractivity contribution in [3.05, 3.63) is 83.0 Å². The Morgan fingerprint density at radius 1 is 1.02 bits per heavy atom. The van der Waals surface area contributed by atoms with Gasteiger partial charge in [0.15, 0.2) is 5.82 Å². The summed E-state index contributed by atoms with van der Waals surface area (Å²) in [4.78, 5) is 46.9. The van der Waals surface area contributed by atoms with Gasteiger partial charge >= 0.3 is 12.2 Å². The van der Waals surface area contributed by atoms with Crippen LogP contribution in [0.25, 0.3) is 0 Å². The van der Waals surface area contributed by atoms with E-state index in [1.807, 2.05) is 30.3 Å². The maximum Gasteiger partial charge on any atom is 0.429 e. The van der Waals surface area contributed by atoms with Crippen molar-refractivity contribution in [2.75, 3.05) is 10.7 Å². The van der Waals surface area contributed by atoms with Gasteiger partial charge in [-0.15, -0.1) is 0 Å². The maximum absolute atomic E-state index is 13.4. The van der Waals surface area contributed by atoms with Crippen LogP contribution >= 0.6 is 11.6 Å². The number of benzene rings is 2. The number of aromatic nitrogens is 2. The number of anilines is 2. The van der Waals surface area contributed by atoms with Crippen molar-refractivity contribution >= 4 is 41.2 Å². The molecule has 1 fully saturated rings. The van der Waals surface area contributed by atoms with E-state index < -0.39 is 29.5 Å². The summed E-state index contributed by atoms with van der Waals surface area (Å²) in [7, 11) is 0. The largest absolute Gasteiger partial charge is 0.445 e. The Balaban J connectivity index is 1.44. The third kappa shape index (κ3) is 9.53. The van der Waals surface area contributed by atoms with Crippen LogP contribution in [0.4, 0.5) is 25.5 Å². The van der Waals surface area contributed by atoms with Gasteiger partial charge in [0.05, 0.1) is 6.04 Å². The number of nitrogens with one attached hydrogen (secondary N) is 3. The maximum atomic E-state index is 13.4. The zero-order valence-electron chi connectivity index (χ0n) is 24.1. The minimum Gasteiger partial charge on any atom is -0.445 e. The molecule has 0 bridgehead atoms. The highest BCUT2D eigenvalue weighted by Gasteiger charge is 2.34. The van der Waals surface area contributed by atoms with Gasteiger partial charge in [-0.05, 0) is 87.9 Å². The number of carbonyl (C=O) groups excluding carboxylic acids is 3. The fraction of sp³-hybridized carbons (Fsp3) is 0.367. The predicted octanol–water partition coefficient (Wildman–Crippen LogP) is 6.32. The number of hydrogen-bond acceptors (Lipinski definition) is 8. The summed E-state index contributed by atoms with van der Waals surface area (Å²) in [5.74, 6) is -1.07. The molecule has 1 aromatic heterocycles. The number of carbonyl (C=O) groups is 3. The molecule has 0 atom stereocenters. The van der Waals surface area contributed by atoms with Gasteiger partial charge < -0.3 is 20.1 Å². The Morgan fingerprint density at radius 3 is 2.35 bits per heavy atom. The normalized spacial score (nSPS) is 16.5. The lowest BCUT2D eigenvalue weighted by Gasteiger charge is -2.37. The summed E-state index contributed by atoms with van der Waals surface area (Å²) < 4.78 is 24.3. The Bertz CT molecular complexity index is 1410. The van der Waals surface area contributed by atoms with E-state index in [1.54, 1.807) is 20.8 Å². The van der Waals surface area contributed by atoms with E-state index in [-0.39, 0.29) is 35.4 Å². The number of hydrazine groups is 1. The molecule has 43 heavy (non-hydrogen) atoms. The lowest BCUT2D eigenvalue weighted by Crippen LogP contribution is -2.50. The van der Waals surface area contributed by atoms with Crippen molar-refractivity contribution in [3.8, 4) is 0 Å². The van der Waals surface area contributed by atoms with Crippen molar-refractivity contribution in [3.63, 3.8) is 0 Å². The highest BCUT2D eigenvalue weighted by molar-refractivity contribution is 6.28. The Kier molecular flexibility index (Phi) is 10.4. The van der Waals surface area contributed by atoms with E-state index in [4.69, 9.17) is 21.1 Å². The number of nitrogens with zero attached hydrogens (tertiary/aromatic N) is 3. The zero-order chi connectivity index (χ0) is 31.0. The first-order valence-electron chi connectivity index (χ1n) is 13.8. The fourth-order valence-corrected chi connectivity index (χ4v) is 4.60. The first-order chi connectivity index (χ1) is 20.5. The summed E-state index contributed by atoms with van der Waals surface area (Å²) >= 11 is 6.06. The van der Waals surface area contributed by atoms with E-state index in [1.165, 1.54) is 35.5 Å². The topological polar surface area (TPSA) is 135 Å². The van der Waals surface area contributed by atoms with Crippen LogP contribution in [0.1, 0.15) is 62.4 Å². The molecule has 11 nitrogen and oxygen atoms in total. The Morgan fingerprint density at radius 2 is 1.70 bits per heavy atom. The number of rotatable bonds is 8. The second kappa shape index (κ2) is 14.1. The van der Waals surface area contributed by atoms with E-state index in [9.17, 15) is 18.8 Å². The van der Waals surface area contributed by atoms with Crippen LogP contribution in [-0.4, -0.2) is 50.8 Å². The van der Waals surface area contributed by atoms with E-state index in [0.29, 0.717) is 31.4 Å². The molecule has 0 radical (unpaired) electrons. The molecule has 0 aliphatic heterocycles. The summed E-state index contributed by atoms with van der Waals surface area (Å²) in [6.07, 6.45) is 2.18. The van der Waals surface area contributed by atoms with E-state index in [2.05, 4.69) is 26.0 Å². The quantitative estimate of drug-likeness (QED) is 0.199. The molecule has 3 amide bonds. The summed E-state index contributed by atoms with van der Waals surface area (Å²) in [6, 6.07) is 14.1. The molecule has 3 N–H and O–H groups in total. The second-order valence-electron chi connectivity index (χ2n) is 11.0. The second-order valence-corrected chi connectivity index (χ2v) is 11.4. The molecule has 3 aromatic rings. The highest BCUT2D eigenvalue weighted by Crippen LogP contribution is 2.27. The highest BCUT2D eigenvalue weighted by atomic mass is 35.5. The predicted molar refractivity (Wildman–Crippen MR) is 159 cm³/mol. The smallest absolute Gasteiger partial charge is 0.429 e. The molecule has 4 rings (SSSR count). The van der Waals surface area contributed by atoms with Crippen molar-refractivity contribution in [1.82, 2.24) is 20.3 Å². The number of ether oxygens (including phenoxy) is 2. The SMILES string of the molecule is CC(C)(C)OC(=O)N(Nc1nc(Cl)ncc1C(=O)Nc1ccc(F)cc1)C1CCC(NC(=O)OCc2ccccc2)CC1. The van der Waals surface area contributed by atoms with Crippen molar-refractivity contribution < 1.29 is 28.2 Å². The number of halogens is 2. The van der Waals surface area contributed by atoms with Crippen molar-refractivity contribution in [2.24, 2.45) is 0 Å². The summed E-state index contributed by atoms with van der Waals surface area (Å²) in [5, 5.41) is 6.70. The molecule has 0 saturated heterocycles. The lowest BCUT2D eigenvalue weighted by atomic mass is 9.91. The van der Waals surface area contributed by atoms with E-state index in [0.717, 1.165) is 5.56 Å². The third-order valence-corrected chi connectivity index (χ3v) is 6.70. The monoisotopic (exact) mass is 612 g/mol. The average molecular weight is 613 g/mol. The van der Waals surface area contributed by atoms with Gasteiger partial charge in [-0.2, -0.15) is 4.98 Å². The molecule has 2 aromatic carbocycles. The third-order valence-electron chi connectivity index (χ3n) is 6.52. The standard InChI is InChI=1S/C30H34ClFN6O5/c1-30(2,3)43-29(41)38(23-15-13-22(14-16-23)35-28(40)42-18-19-7-5-4-6-8-19)37-25-24(17-33-27(31)36-25)26(39)34-21-11-9-20(32)10-12-21/h4-12,17,22-23H,13-16,18H2,1-3H3,(H,34,39)(H,35,40)(H,33,36,37). The van der Waals surface area contributed by atoms with Crippen molar-refractivity contribution in [2.45, 2.75) is 70.7 Å². The van der Waals surface area contributed by atoms with Crippen LogP contribution in [0.3, 0.4) is 0 Å². The van der Waals surface area contributed by atoms with Gasteiger partial charge in [0.2, 0.25) is 5.28 Å². The van der Waals surface area contributed by atoms with E-state index >= 15 is 0 Å². The van der Waals surface area contributed by atoms with Crippen LogP contribution in [0, 0.1) is 5.82 Å². The van der Waals surface area contributed by atoms with Crippen LogP contribution < -0.4 is 16.1 Å². The fourth-order valence-electron chi connectivity index (χ4n) is 4.46. The first-order valence-corrected chi connectivity index (χ1v) is 14.2. The lowest BCUT2D eigenvalue weighted by molar-refractivity contribution is 0.0173. The number of hydrogen-bond donors (Lipinski definition) is 3. The minimum atomic E-state index is -0.801. The van der Waals surface area contributed by atoms with Crippen LogP contribution in [-0.2, 0) is 16.1 Å². The molecule has 13 heteroatoms. The van der Waals surface area contributed by atoms with Crippen molar-refractivity contribution in [1.29, 1.82) is 0 Å². The summed E-state index contributed by atoms with van der Waals surface area (Å²) in [6.45, 7) is 5.40. The first kappa shape index (κ1) is 31.5. The van der Waals surface area contributed by atoms with Gasteiger partial charge in [-0.1, -0.05) is 30.3 Å². The van der Waals surface area contributed by atoms with Crippen LogP contribution in [0.2, 0.25) is 5.28 Å². The van der Waals surface area contributed by atoms with Crippen LogP contribution in [0.15, 0.2) is 60.8 Å². The van der Waals surface area contributed by atoms with Crippen LogP contribution in [0.5, 0.6) is 0 Å².